The van der Waals surface area contributed by atoms with Gasteiger partial charge in [-0.2, -0.15) is 0 Å². The van der Waals surface area contributed by atoms with Gasteiger partial charge in [-0.05, 0) is 6.42 Å². The quantitative estimate of drug-likeness (QED) is 0.514. The number of primary amides is 1. The van der Waals surface area contributed by atoms with Crippen LogP contribution in [0.5, 0.6) is 0 Å². The van der Waals surface area contributed by atoms with Gasteiger partial charge in [-0.15, -0.1) is 5.10 Å². The van der Waals surface area contributed by atoms with Gasteiger partial charge in [0.05, 0.1) is 6.20 Å². The maximum absolute atomic E-state index is 10.7. The number of nitrogens with zero attached hydrogens (tertiary/aromatic N) is 3. The molecule has 1 heterocycles. The van der Waals surface area contributed by atoms with Gasteiger partial charge in [-0.1, -0.05) is 5.21 Å². The highest BCUT2D eigenvalue weighted by molar-refractivity contribution is 5.80. The van der Waals surface area contributed by atoms with E-state index in [1.165, 1.54) is 4.68 Å². The highest BCUT2D eigenvalue weighted by Crippen LogP contribution is 2.04. The highest BCUT2D eigenvalue weighted by Gasteiger charge is 2.15. The van der Waals surface area contributed by atoms with Crippen molar-refractivity contribution in [3.63, 3.8) is 0 Å². The molecule has 0 spiro atoms. The van der Waals surface area contributed by atoms with Crippen molar-refractivity contribution in [1.29, 1.82) is 0 Å². The molecule has 0 saturated heterocycles. The van der Waals surface area contributed by atoms with Gasteiger partial charge in [-0.3, -0.25) is 9.48 Å². The lowest BCUT2D eigenvalue weighted by Gasteiger charge is -2.00. The molecule has 0 aliphatic carbocycles. The summed E-state index contributed by atoms with van der Waals surface area (Å²) in [6, 6.07) is -0.919. The summed E-state index contributed by atoms with van der Waals surface area (Å²) in [6.45, 7) is 0.617. The van der Waals surface area contributed by atoms with Gasteiger partial charge < -0.3 is 16.6 Å². The second-order valence-electron chi connectivity index (χ2n) is 2.86. The summed E-state index contributed by atoms with van der Waals surface area (Å²) in [5.41, 5.74) is 10.8. The number of rotatable bonds is 5. The summed E-state index contributed by atoms with van der Waals surface area (Å²) < 4.78 is 1.51. The third kappa shape index (κ3) is 2.51. The molecule has 0 aromatic carbocycles. The van der Waals surface area contributed by atoms with Crippen LogP contribution in [0.4, 0.5) is 0 Å². The Morgan fingerprint density at radius 2 is 2.43 bits per heavy atom. The number of nitrogens with two attached hydrogens (primary N) is 2. The Kier molecular flexibility index (Phi) is 3.55. The predicted octanol–water partition coefficient (Wildman–Crippen LogP) is -1.85. The van der Waals surface area contributed by atoms with E-state index in [1.807, 2.05) is 0 Å². The van der Waals surface area contributed by atoms with Crippen LogP contribution in [-0.2, 0) is 11.3 Å². The molecule has 7 heteroatoms. The minimum Gasteiger partial charge on any atom is -0.396 e. The SMILES string of the molecule is NC(=O)C(N)c1cn(CCCO)nn1. The Bertz CT molecular complexity index is 311. The first-order valence-corrected chi connectivity index (χ1v) is 4.21. The lowest BCUT2D eigenvalue weighted by Crippen LogP contribution is -2.28. The number of hydrogen-bond donors (Lipinski definition) is 3. The van der Waals surface area contributed by atoms with Crippen molar-refractivity contribution in [3.05, 3.63) is 11.9 Å². The van der Waals surface area contributed by atoms with Crippen molar-refractivity contribution < 1.29 is 9.90 Å². The number of amides is 1. The Morgan fingerprint density at radius 3 is 3.00 bits per heavy atom. The monoisotopic (exact) mass is 199 g/mol. The lowest BCUT2D eigenvalue weighted by atomic mass is 10.2. The summed E-state index contributed by atoms with van der Waals surface area (Å²) >= 11 is 0. The predicted molar refractivity (Wildman–Crippen MR) is 47.8 cm³/mol. The first-order chi connectivity index (χ1) is 6.65. The topological polar surface area (TPSA) is 120 Å². The third-order valence-corrected chi connectivity index (χ3v) is 1.73. The zero-order valence-corrected chi connectivity index (χ0v) is 7.63. The highest BCUT2D eigenvalue weighted by atomic mass is 16.3. The Labute approximate surface area is 80.7 Å². The number of aliphatic hydroxyl groups is 1. The van der Waals surface area contributed by atoms with Gasteiger partial charge in [0.25, 0.3) is 0 Å². The van der Waals surface area contributed by atoms with Crippen LogP contribution < -0.4 is 11.5 Å². The molecule has 0 bridgehead atoms. The zero-order chi connectivity index (χ0) is 10.6. The van der Waals surface area contributed by atoms with Crippen LogP contribution in [-0.4, -0.2) is 32.6 Å². The van der Waals surface area contributed by atoms with Crippen LogP contribution in [0, 0.1) is 0 Å². The molecule has 7 nitrogen and oxygen atoms in total. The molecular formula is C7H13N5O2. The van der Waals surface area contributed by atoms with Crippen LogP contribution in [0.1, 0.15) is 18.2 Å². The summed E-state index contributed by atoms with van der Waals surface area (Å²) in [7, 11) is 0. The number of carbonyl (C=O) groups is 1. The molecule has 1 amide bonds. The van der Waals surface area contributed by atoms with E-state index in [9.17, 15) is 4.79 Å². The van der Waals surface area contributed by atoms with E-state index in [2.05, 4.69) is 10.3 Å². The van der Waals surface area contributed by atoms with Crippen molar-refractivity contribution >= 4 is 5.91 Å². The standard InChI is InChI=1S/C7H13N5O2/c8-6(7(9)14)5-4-12(11-10-5)2-1-3-13/h4,6,13H,1-3,8H2,(H2,9,14). The van der Waals surface area contributed by atoms with Gasteiger partial charge in [0.1, 0.15) is 11.7 Å². The first kappa shape index (κ1) is 10.6. The maximum Gasteiger partial charge on any atom is 0.240 e. The van der Waals surface area contributed by atoms with Gasteiger partial charge in [-0.25, -0.2) is 0 Å². The first-order valence-electron chi connectivity index (χ1n) is 4.21. The fraction of sp³-hybridized carbons (Fsp3) is 0.571. The van der Waals surface area contributed by atoms with Crippen LogP contribution in [0.25, 0.3) is 0 Å². The number of carbonyl (C=O) groups excluding carboxylic acids is 1. The second-order valence-corrected chi connectivity index (χ2v) is 2.86. The largest absolute Gasteiger partial charge is 0.396 e. The maximum atomic E-state index is 10.7. The number of hydrogen-bond acceptors (Lipinski definition) is 5. The molecule has 1 aromatic rings. The Balaban J connectivity index is 2.63. The van der Waals surface area contributed by atoms with Crippen LogP contribution in [0.3, 0.4) is 0 Å². The molecule has 1 unspecified atom stereocenters. The average molecular weight is 199 g/mol. The Morgan fingerprint density at radius 1 is 1.71 bits per heavy atom. The molecule has 1 atom stereocenters. The fourth-order valence-corrected chi connectivity index (χ4v) is 0.944. The summed E-state index contributed by atoms with van der Waals surface area (Å²) in [6.07, 6.45) is 2.12. The van der Waals surface area contributed by atoms with Crippen molar-refractivity contribution in [2.45, 2.75) is 19.0 Å². The van der Waals surface area contributed by atoms with E-state index in [1.54, 1.807) is 6.20 Å². The number of aryl methyl sites for hydroxylation is 1. The summed E-state index contributed by atoms with van der Waals surface area (Å²) in [5, 5.41) is 16.0. The summed E-state index contributed by atoms with van der Waals surface area (Å²) in [4.78, 5) is 10.7. The minimum absolute atomic E-state index is 0.0804. The van der Waals surface area contributed by atoms with Crippen molar-refractivity contribution in [2.24, 2.45) is 11.5 Å². The molecule has 0 aliphatic heterocycles. The fourth-order valence-electron chi connectivity index (χ4n) is 0.944. The molecule has 78 valence electrons. The third-order valence-electron chi connectivity index (χ3n) is 1.73. The van der Waals surface area contributed by atoms with Crippen molar-refractivity contribution in [1.82, 2.24) is 15.0 Å². The van der Waals surface area contributed by atoms with E-state index >= 15 is 0 Å². The van der Waals surface area contributed by atoms with E-state index in [4.69, 9.17) is 16.6 Å². The summed E-state index contributed by atoms with van der Waals surface area (Å²) in [5.74, 6) is -0.640. The zero-order valence-electron chi connectivity index (χ0n) is 7.63. The van der Waals surface area contributed by atoms with Gasteiger partial charge in [0.2, 0.25) is 5.91 Å². The minimum atomic E-state index is -0.919. The number of aromatic nitrogens is 3. The second kappa shape index (κ2) is 4.68. The van der Waals surface area contributed by atoms with Crippen LogP contribution >= 0.6 is 0 Å². The van der Waals surface area contributed by atoms with E-state index in [0.29, 0.717) is 18.7 Å². The van der Waals surface area contributed by atoms with Gasteiger partial charge >= 0.3 is 0 Å². The number of aliphatic hydroxyl groups excluding tert-OH is 1. The van der Waals surface area contributed by atoms with Crippen molar-refractivity contribution in [2.75, 3.05) is 6.61 Å². The van der Waals surface area contributed by atoms with Crippen molar-refractivity contribution in [3.8, 4) is 0 Å². The molecule has 14 heavy (non-hydrogen) atoms. The van der Waals surface area contributed by atoms with E-state index < -0.39 is 11.9 Å². The normalized spacial score (nSPS) is 12.7. The smallest absolute Gasteiger partial charge is 0.240 e. The average Bonchev–Trinajstić information content (AvgIpc) is 2.61. The molecule has 1 aromatic heterocycles. The molecule has 0 fully saturated rings. The lowest BCUT2D eigenvalue weighted by molar-refractivity contribution is -0.119. The molecule has 0 aliphatic rings. The molecule has 1 rings (SSSR count). The molecular weight excluding hydrogens is 186 g/mol. The molecule has 0 radical (unpaired) electrons. The van der Waals surface area contributed by atoms with E-state index in [0.717, 1.165) is 0 Å². The van der Waals surface area contributed by atoms with Gasteiger partial charge in [0.15, 0.2) is 0 Å². The van der Waals surface area contributed by atoms with E-state index in [-0.39, 0.29) is 6.61 Å². The van der Waals surface area contributed by atoms with Crippen LogP contribution in [0.15, 0.2) is 6.20 Å². The van der Waals surface area contributed by atoms with Crippen LogP contribution in [0.2, 0.25) is 0 Å². The molecule has 5 N–H and O–H groups in total. The van der Waals surface area contributed by atoms with Gasteiger partial charge in [0, 0.05) is 13.2 Å². The Hall–Kier alpha value is -1.47. The molecule has 0 saturated carbocycles.